The Morgan fingerprint density at radius 2 is 1.87 bits per heavy atom. The predicted octanol–water partition coefficient (Wildman–Crippen LogP) is 4.35. The van der Waals surface area contributed by atoms with E-state index in [-0.39, 0.29) is 0 Å². The zero-order valence-electron chi connectivity index (χ0n) is 17.8. The standard InChI is InChI=1S/C26H25N5/c1-20-18-21(2)30(29-20)17-15-27-22(3)24-12-13-26(31-16-7-14-28-31)25(19-24)11-10-23-8-5-4-6-9-23/h4-9,12-14,16,18-19,27H,3,15,17H2,1-2H3. The van der Waals surface area contributed by atoms with Crippen molar-refractivity contribution in [2.24, 2.45) is 0 Å². The summed E-state index contributed by atoms with van der Waals surface area (Å²) in [6.45, 7) is 9.83. The highest BCUT2D eigenvalue weighted by molar-refractivity contribution is 5.67. The van der Waals surface area contributed by atoms with Gasteiger partial charge in [-0.05, 0) is 55.8 Å². The third kappa shape index (κ3) is 4.93. The minimum absolute atomic E-state index is 0.743. The summed E-state index contributed by atoms with van der Waals surface area (Å²) in [4.78, 5) is 0. The summed E-state index contributed by atoms with van der Waals surface area (Å²) in [5.74, 6) is 6.56. The summed E-state index contributed by atoms with van der Waals surface area (Å²) < 4.78 is 3.84. The predicted molar refractivity (Wildman–Crippen MR) is 125 cm³/mol. The normalized spacial score (nSPS) is 10.4. The lowest BCUT2D eigenvalue weighted by Crippen LogP contribution is -2.19. The van der Waals surface area contributed by atoms with Gasteiger partial charge in [0.15, 0.2) is 0 Å². The third-order valence-electron chi connectivity index (χ3n) is 4.98. The van der Waals surface area contributed by atoms with Crippen molar-refractivity contribution in [1.29, 1.82) is 0 Å². The zero-order valence-corrected chi connectivity index (χ0v) is 17.8. The molecule has 0 saturated carbocycles. The Balaban J connectivity index is 1.55. The number of rotatable bonds is 6. The van der Waals surface area contributed by atoms with Gasteiger partial charge in [0.2, 0.25) is 0 Å². The highest BCUT2D eigenvalue weighted by Gasteiger charge is 2.08. The maximum absolute atomic E-state index is 4.51. The van der Waals surface area contributed by atoms with Gasteiger partial charge in [-0.2, -0.15) is 10.2 Å². The molecule has 0 aliphatic heterocycles. The second kappa shape index (κ2) is 9.19. The molecule has 31 heavy (non-hydrogen) atoms. The third-order valence-corrected chi connectivity index (χ3v) is 4.98. The van der Waals surface area contributed by atoms with Crippen LogP contribution in [0.4, 0.5) is 0 Å². The lowest BCUT2D eigenvalue weighted by Gasteiger charge is -2.13. The fourth-order valence-corrected chi connectivity index (χ4v) is 3.41. The quantitative estimate of drug-likeness (QED) is 0.484. The molecule has 4 rings (SSSR count). The molecular weight excluding hydrogens is 382 g/mol. The minimum atomic E-state index is 0.743. The number of aromatic nitrogens is 4. The molecule has 0 radical (unpaired) electrons. The molecule has 2 aromatic carbocycles. The van der Waals surface area contributed by atoms with Crippen LogP contribution in [-0.4, -0.2) is 26.1 Å². The molecule has 0 amide bonds. The van der Waals surface area contributed by atoms with Crippen LogP contribution in [0.25, 0.3) is 11.4 Å². The molecular formula is C26H25N5. The molecule has 5 heteroatoms. The first-order chi connectivity index (χ1) is 15.1. The Labute approximate surface area is 183 Å². The molecule has 0 fully saturated rings. The van der Waals surface area contributed by atoms with E-state index in [0.29, 0.717) is 0 Å². The van der Waals surface area contributed by atoms with E-state index in [9.17, 15) is 0 Å². The molecule has 0 aliphatic carbocycles. The maximum atomic E-state index is 4.51. The first-order valence-electron chi connectivity index (χ1n) is 10.3. The van der Waals surface area contributed by atoms with Crippen LogP contribution in [0.5, 0.6) is 0 Å². The number of hydrogen-bond donors (Lipinski definition) is 1. The van der Waals surface area contributed by atoms with Gasteiger partial charge in [-0.1, -0.05) is 42.7 Å². The number of benzene rings is 2. The second-order valence-corrected chi connectivity index (χ2v) is 7.35. The van der Waals surface area contributed by atoms with Crippen molar-refractivity contribution < 1.29 is 0 Å². The first-order valence-corrected chi connectivity index (χ1v) is 10.3. The van der Waals surface area contributed by atoms with Crippen molar-refractivity contribution in [1.82, 2.24) is 24.9 Å². The van der Waals surface area contributed by atoms with Crippen molar-refractivity contribution in [2.45, 2.75) is 20.4 Å². The van der Waals surface area contributed by atoms with Crippen LogP contribution in [-0.2, 0) is 6.54 Å². The molecule has 0 unspecified atom stereocenters. The Kier molecular flexibility index (Phi) is 6.00. The fourth-order valence-electron chi connectivity index (χ4n) is 3.41. The van der Waals surface area contributed by atoms with Crippen LogP contribution in [0.15, 0.2) is 79.6 Å². The van der Waals surface area contributed by atoms with Crippen molar-refractivity contribution in [3.05, 3.63) is 108 Å². The van der Waals surface area contributed by atoms with Crippen LogP contribution in [0.3, 0.4) is 0 Å². The van der Waals surface area contributed by atoms with Gasteiger partial charge in [0.25, 0.3) is 0 Å². The average molecular weight is 408 g/mol. The monoisotopic (exact) mass is 407 g/mol. The van der Waals surface area contributed by atoms with Crippen molar-refractivity contribution >= 4 is 5.70 Å². The number of aryl methyl sites for hydroxylation is 2. The summed E-state index contributed by atoms with van der Waals surface area (Å²) in [6, 6.07) is 20.1. The average Bonchev–Trinajstić information content (AvgIpc) is 3.42. The number of nitrogens with one attached hydrogen (secondary N) is 1. The van der Waals surface area contributed by atoms with Crippen molar-refractivity contribution in [3.63, 3.8) is 0 Å². The van der Waals surface area contributed by atoms with Gasteiger partial charge in [-0.15, -0.1) is 0 Å². The molecule has 154 valence electrons. The molecule has 2 heterocycles. The van der Waals surface area contributed by atoms with E-state index in [0.717, 1.165) is 52.6 Å². The summed E-state index contributed by atoms with van der Waals surface area (Å²) in [7, 11) is 0. The minimum Gasteiger partial charge on any atom is -0.383 e. The summed E-state index contributed by atoms with van der Waals surface area (Å²) in [5, 5.41) is 12.3. The Bertz CT molecular complexity index is 1240. The molecule has 0 spiro atoms. The zero-order chi connectivity index (χ0) is 21.6. The second-order valence-electron chi connectivity index (χ2n) is 7.35. The van der Waals surface area contributed by atoms with Gasteiger partial charge in [0.1, 0.15) is 0 Å². The fraction of sp³-hybridized carbons (Fsp3) is 0.154. The van der Waals surface area contributed by atoms with Crippen molar-refractivity contribution in [3.8, 4) is 17.5 Å². The summed E-state index contributed by atoms with van der Waals surface area (Å²) in [6.07, 6.45) is 3.69. The molecule has 0 saturated heterocycles. The highest BCUT2D eigenvalue weighted by Crippen LogP contribution is 2.19. The van der Waals surface area contributed by atoms with E-state index < -0.39 is 0 Å². The van der Waals surface area contributed by atoms with E-state index in [2.05, 4.69) is 53.0 Å². The molecule has 2 aromatic heterocycles. The molecule has 0 atom stereocenters. The molecule has 4 aromatic rings. The van der Waals surface area contributed by atoms with Gasteiger partial charge < -0.3 is 5.32 Å². The van der Waals surface area contributed by atoms with Crippen LogP contribution in [0, 0.1) is 25.7 Å². The van der Waals surface area contributed by atoms with E-state index in [1.807, 2.05) is 71.0 Å². The van der Waals surface area contributed by atoms with Crippen LogP contribution in [0.2, 0.25) is 0 Å². The van der Waals surface area contributed by atoms with E-state index >= 15 is 0 Å². The molecule has 5 nitrogen and oxygen atoms in total. The SMILES string of the molecule is C=C(NCCn1nc(C)cc1C)c1ccc(-n2cccn2)c(C#Cc2ccccc2)c1. The van der Waals surface area contributed by atoms with E-state index in [4.69, 9.17) is 0 Å². The number of nitrogens with zero attached hydrogens (tertiary/aromatic N) is 4. The van der Waals surface area contributed by atoms with Crippen LogP contribution in [0.1, 0.15) is 28.1 Å². The van der Waals surface area contributed by atoms with Crippen molar-refractivity contribution in [2.75, 3.05) is 6.54 Å². The Morgan fingerprint density at radius 1 is 1.03 bits per heavy atom. The largest absolute Gasteiger partial charge is 0.383 e. The summed E-state index contributed by atoms with van der Waals surface area (Å²) >= 11 is 0. The lowest BCUT2D eigenvalue weighted by atomic mass is 10.1. The highest BCUT2D eigenvalue weighted by atomic mass is 15.3. The van der Waals surface area contributed by atoms with E-state index in [1.54, 1.807) is 6.20 Å². The van der Waals surface area contributed by atoms with Gasteiger partial charge in [0, 0.05) is 35.9 Å². The molecule has 0 bridgehead atoms. The van der Waals surface area contributed by atoms with Gasteiger partial charge in [0.05, 0.1) is 23.5 Å². The van der Waals surface area contributed by atoms with Gasteiger partial charge in [-0.25, -0.2) is 4.68 Å². The van der Waals surface area contributed by atoms with Crippen LogP contribution < -0.4 is 5.32 Å². The topological polar surface area (TPSA) is 47.7 Å². The number of hydrogen-bond acceptors (Lipinski definition) is 3. The molecule has 1 N–H and O–H groups in total. The lowest BCUT2D eigenvalue weighted by molar-refractivity contribution is 0.581. The van der Waals surface area contributed by atoms with Gasteiger partial charge >= 0.3 is 0 Å². The summed E-state index contributed by atoms with van der Waals surface area (Å²) in [5.41, 5.74) is 6.86. The molecule has 0 aliphatic rings. The maximum Gasteiger partial charge on any atom is 0.0802 e. The smallest absolute Gasteiger partial charge is 0.0802 e. The van der Waals surface area contributed by atoms with Crippen LogP contribution >= 0.6 is 0 Å². The van der Waals surface area contributed by atoms with Gasteiger partial charge in [-0.3, -0.25) is 4.68 Å². The Morgan fingerprint density at radius 3 is 2.58 bits per heavy atom. The van der Waals surface area contributed by atoms with E-state index in [1.165, 1.54) is 0 Å². The Hall–Kier alpha value is -4.04. The first kappa shape index (κ1) is 20.2.